The van der Waals surface area contributed by atoms with E-state index in [1.165, 1.54) is 43.4 Å². The van der Waals surface area contributed by atoms with Gasteiger partial charge >= 0.3 is 6.18 Å². The maximum atomic E-state index is 13.1. The standard InChI is InChI=1S/C21H28F3NO/c22-21(23,24)19-11-7-10-18(16-19)20(17-8-3-1-4-9-17)26-15-14-25-12-5-2-6-13-25/h7,10-11,16H,1-6,8-9,12-15H2. The summed E-state index contributed by atoms with van der Waals surface area (Å²) in [4.78, 5) is 2.39. The van der Waals surface area contributed by atoms with E-state index in [9.17, 15) is 13.2 Å². The zero-order chi connectivity index (χ0) is 18.4. The summed E-state index contributed by atoms with van der Waals surface area (Å²) in [5, 5.41) is 0. The number of ether oxygens (including phenoxy) is 1. The van der Waals surface area contributed by atoms with Crippen LogP contribution < -0.4 is 0 Å². The summed E-state index contributed by atoms with van der Waals surface area (Å²) in [6.07, 6.45) is 4.63. The van der Waals surface area contributed by atoms with Crippen molar-refractivity contribution in [3.05, 3.63) is 41.0 Å². The Labute approximate surface area is 154 Å². The number of rotatable bonds is 5. The largest absolute Gasteiger partial charge is 0.492 e. The minimum Gasteiger partial charge on any atom is -0.492 e. The molecule has 0 N–H and O–H groups in total. The van der Waals surface area contributed by atoms with Crippen LogP contribution in [0.4, 0.5) is 13.2 Å². The van der Waals surface area contributed by atoms with Gasteiger partial charge in [0.05, 0.1) is 5.56 Å². The number of alkyl halides is 3. The summed E-state index contributed by atoms with van der Waals surface area (Å²) in [5.74, 6) is 0.688. The van der Waals surface area contributed by atoms with Crippen molar-refractivity contribution in [2.24, 2.45) is 0 Å². The van der Waals surface area contributed by atoms with E-state index in [0.29, 0.717) is 17.9 Å². The van der Waals surface area contributed by atoms with Gasteiger partial charge in [0.2, 0.25) is 0 Å². The summed E-state index contributed by atoms with van der Waals surface area (Å²) in [6, 6.07) is 5.58. The highest BCUT2D eigenvalue weighted by atomic mass is 19.4. The van der Waals surface area contributed by atoms with Gasteiger partial charge in [-0.3, -0.25) is 4.90 Å². The Hall–Kier alpha value is -1.49. The third-order valence-corrected chi connectivity index (χ3v) is 5.33. The molecular weight excluding hydrogens is 339 g/mol. The van der Waals surface area contributed by atoms with Crippen molar-refractivity contribution in [2.75, 3.05) is 26.2 Å². The van der Waals surface area contributed by atoms with E-state index in [1.54, 1.807) is 6.07 Å². The first-order valence-electron chi connectivity index (χ1n) is 9.79. The van der Waals surface area contributed by atoms with Crippen LogP contribution in [0.25, 0.3) is 5.76 Å². The summed E-state index contributed by atoms with van der Waals surface area (Å²) in [5.41, 5.74) is 1.13. The number of allylic oxidation sites excluding steroid dienone is 1. The van der Waals surface area contributed by atoms with Crippen LogP contribution >= 0.6 is 0 Å². The van der Waals surface area contributed by atoms with Gasteiger partial charge in [-0.2, -0.15) is 13.2 Å². The topological polar surface area (TPSA) is 12.5 Å². The third-order valence-electron chi connectivity index (χ3n) is 5.33. The summed E-state index contributed by atoms with van der Waals surface area (Å²) in [6.45, 7) is 3.57. The molecule has 1 heterocycles. The normalized spacial score (nSPS) is 19.4. The second-order valence-corrected chi connectivity index (χ2v) is 7.32. The molecule has 2 fully saturated rings. The van der Waals surface area contributed by atoms with Crippen LogP contribution in [0.2, 0.25) is 0 Å². The summed E-state index contributed by atoms with van der Waals surface area (Å²) < 4.78 is 45.4. The van der Waals surface area contributed by atoms with E-state index in [1.807, 2.05) is 0 Å². The van der Waals surface area contributed by atoms with Crippen molar-refractivity contribution < 1.29 is 17.9 Å². The molecule has 0 atom stereocenters. The van der Waals surface area contributed by atoms with Crippen LogP contribution in [-0.2, 0) is 10.9 Å². The van der Waals surface area contributed by atoms with Crippen molar-refractivity contribution >= 4 is 5.76 Å². The second kappa shape index (κ2) is 8.94. The number of hydrogen-bond acceptors (Lipinski definition) is 2. The average Bonchev–Trinajstić information content (AvgIpc) is 2.66. The molecule has 2 nitrogen and oxygen atoms in total. The molecule has 1 aliphatic carbocycles. The van der Waals surface area contributed by atoms with E-state index >= 15 is 0 Å². The van der Waals surface area contributed by atoms with Crippen LogP contribution in [0.15, 0.2) is 29.8 Å². The quantitative estimate of drug-likeness (QED) is 0.602. The maximum Gasteiger partial charge on any atom is 0.416 e. The molecule has 1 saturated carbocycles. The van der Waals surface area contributed by atoms with Crippen molar-refractivity contribution in [2.45, 2.75) is 57.5 Å². The van der Waals surface area contributed by atoms with E-state index in [2.05, 4.69) is 4.90 Å². The molecule has 0 amide bonds. The van der Waals surface area contributed by atoms with Gasteiger partial charge in [-0.25, -0.2) is 0 Å². The zero-order valence-corrected chi connectivity index (χ0v) is 15.3. The lowest BCUT2D eigenvalue weighted by Gasteiger charge is -2.27. The highest BCUT2D eigenvalue weighted by Gasteiger charge is 2.31. The number of benzene rings is 1. The molecular formula is C21H28F3NO. The predicted molar refractivity (Wildman–Crippen MR) is 97.7 cm³/mol. The van der Waals surface area contributed by atoms with Gasteiger partial charge in [-0.1, -0.05) is 25.0 Å². The van der Waals surface area contributed by atoms with Gasteiger partial charge in [0.1, 0.15) is 12.4 Å². The molecule has 1 saturated heterocycles. The average molecular weight is 367 g/mol. The van der Waals surface area contributed by atoms with Crippen LogP contribution in [0.3, 0.4) is 0 Å². The monoisotopic (exact) mass is 367 g/mol. The van der Waals surface area contributed by atoms with Gasteiger partial charge in [0.25, 0.3) is 0 Å². The molecule has 3 rings (SSSR count). The van der Waals surface area contributed by atoms with E-state index in [4.69, 9.17) is 4.74 Å². The van der Waals surface area contributed by atoms with Crippen molar-refractivity contribution in [3.63, 3.8) is 0 Å². The van der Waals surface area contributed by atoms with Crippen LogP contribution in [0.1, 0.15) is 62.5 Å². The Morgan fingerprint density at radius 2 is 1.65 bits per heavy atom. The first-order chi connectivity index (χ1) is 12.5. The second-order valence-electron chi connectivity index (χ2n) is 7.32. The van der Waals surface area contributed by atoms with E-state index in [-0.39, 0.29) is 0 Å². The number of piperidine rings is 1. The Bertz CT molecular complexity index is 610. The Balaban J connectivity index is 1.75. The minimum absolute atomic E-state index is 0.537. The molecule has 1 aromatic rings. The molecule has 0 spiro atoms. The van der Waals surface area contributed by atoms with Gasteiger partial charge in [0, 0.05) is 12.1 Å². The fourth-order valence-corrected chi connectivity index (χ4v) is 3.89. The molecule has 2 aliphatic rings. The van der Waals surface area contributed by atoms with Gasteiger partial charge in [-0.05, 0) is 69.3 Å². The Morgan fingerprint density at radius 3 is 2.35 bits per heavy atom. The minimum atomic E-state index is -4.33. The summed E-state index contributed by atoms with van der Waals surface area (Å²) >= 11 is 0. The van der Waals surface area contributed by atoms with Crippen molar-refractivity contribution in [1.82, 2.24) is 4.90 Å². The number of likely N-dealkylation sites (tertiary alicyclic amines) is 1. The first-order valence-corrected chi connectivity index (χ1v) is 9.79. The Kier molecular flexibility index (Phi) is 6.63. The Morgan fingerprint density at radius 1 is 0.962 bits per heavy atom. The van der Waals surface area contributed by atoms with E-state index in [0.717, 1.165) is 51.4 Å². The molecule has 144 valence electrons. The van der Waals surface area contributed by atoms with Crippen molar-refractivity contribution in [1.29, 1.82) is 0 Å². The van der Waals surface area contributed by atoms with Crippen LogP contribution in [0, 0.1) is 0 Å². The SMILES string of the molecule is FC(F)(F)c1cccc(C(OCCN2CCCCC2)=C2CCCCC2)c1. The van der Waals surface area contributed by atoms with Crippen LogP contribution in [0.5, 0.6) is 0 Å². The molecule has 26 heavy (non-hydrogen) atoms. The summed E-state index contributed by atoms with van der Waals surface area (Å²) in [7, 11) is 0. The van der Waals surface area contributed by atoms with Crippen molar-refractivity contribution in [3.8, 4) is 0 Å². The molecule has 5 heteroatoms. The van der Waals surface area contributed by atoms with Gasteiger partial charge in [-0.15, -0.1) is 0 Å². The predicted octanol–water partition coefficient (Wildman–Crippen LogP) is 5.88. The number of nitrogens with zero attached hydrogens (tertiary/aromatic N) is 1. The zero-order valence-electron chi connectivity index (χ0n) is 15.3. The fourth-order valence-electron chi connectivity index (χ4n) is 3.89. The van der Waals surface area contributed by atoms with Gasteiger partial charge in [0.15, 0.2) is 0 Å². The highest BCUT2D eigenvalue weighted by molar-refractivity contribution is 5.64. The number of halogens is 3. The highest BCUT2D eigenvalue weighted by Crippen LogP contribution is 2.35. The lowest BCUT2D eigenvalue weighted by atomic mass is 9.92. The molecule has 0 radical (unpaired) electrons. The van der Waals surface area contributed by atoms with E-state index < -0.39 is 11.7 Å². The lowest BCUT2D eigenvalue weighted by Crippen LogP contribution is -2.32. The molecule has 0 unspecified atom stereocenters. The molecule has 1 aliphatic heterocycles. The maximum absolute atomic E-state index is 13.1. The molecule has 0 aromatic heterocycles. The lowest BCUT2D eigenvalue weighted by molar-refractivity contribution is -0.137. The molecule has 1 aromatic carbocycles. The number of hydrogen-bond donors (Lipinski definition) is 0. The third kappa shape index (κ3) is 5.26. The van der Waals surface area contributed by atoms with Gasteiger partial charge < -0.3 is 4.74 Å². The molecule has 0 bridgehead atoms. The smallest absolute Gasteiger partial charge is 0.416 e. The first kappa shape index (κ1) is 19.3. The van der Waals surface area contributed by atoms with Crippen LogP contribution in [-0.4, -0.2) is 31.1 Å². The fraction of sp³-hybridized carbons (Fsp3) is 0.619.